The van der Waals surface area contributed by atoms with Gasteiger partial charge in [-0.25, -0.2) is 0 Å². The third-order valence-electron chi connectivity index (χ3n) is 8.34. The van der Waals surface area contributed by atoms with Crippen molar-refractivity contribution in [2.45, 2.75) is 102 Å². The van der Waals surface area contributed by atoms with Crippen LogP contribution in [0.2, 0.25) is 0 Å². The standard InChI is InChI=1S/C12H16BNO5.C12H16BNO4S/c15-10-6-8-7-11(16)19-13(8,18-10)12(17)14-9-4-2-1-3-5-9;15-10-6-8-7-11(16)18-13(8,17-10)12(19)14-9-4-2-1-3-5-9/h9H,1-7H2,(H,14,17);9H,1-7H2,(H,14,19). The predicted octanol–water partition coefficient (Wildman–Crippen LogP) is 2.29. The van der Waals surface area contributed by atoms with E-state index < -0.39 is 30.8 Å². The second-order valence-corrected chi connectivity index (χ2v) is 11.5. The van der Waals surface area contributed by atoms with E-state index in [4.69, 9.17) is 30.8 Å². The van der Waals surface area contributed by atoms with Gasteiger partial charge in [-0.1, -0.05) is 50.7 Å². The van der Waals surface area contributed by atoms with Gasteiger partial charge in [-0.3, -0.25) is 19.2 Å². The van der Waals surface area contributed by atoms with E-state index in [9.17, 15) is 24.0 Å². The van der Waals surface area contributed by atoms with Crippen molar-refractivity contribution in [1.29, 1.82) is 0 Å². The maximum Gasteiger partial charge on any atom is 0.642 e. The van der Waals surface area contributed by atoms with E-state index in [-0.39, 0.29) is 43.7 Å². The zero-order chi connectivity index (χ0) is 26.9. The lowest BCUT2D eigenvalue weighted by atomic mass is 9.47. The van der Waals surface area contributed by atoms with Crippen molar-refractivity contribution in [3.05, 3.63) is 11.6 Å². The summed E-state index contributed by atoms with van der Waals surface area (Å²) in [5.41, 5.74) is 0. The molecule has 0 radical (unpaired) electrons. The Morgan fingerprint density at radius 2 is 1.00 bits per heavy atom. The molecule has 0 spiro atoms. The molecule has 6 rings (SSSR count). The number of carbonyl (C=O) groups is 5. The van der Waals surface area contributed by atoms with Crippen LogP contribution in [0, 0.1) is 11.6 Å². The number of nitrogens with one attached hydrogen (secondary N) is 2. The zero-order valence-corrected chi connectivity index (χ0v) is 22.1. The fourth-order valence-corrected chi connectivity index (χ4v) is 6.82. The van der Waals surface area contributed by atoms with Crippen LogP contribution < -0.4 is 10.6 Å². The first-order valence-corrected chi connectivity index (χ1v) is 14.1. The molecule has 4 aliphatic heterocycles. The first-order valence-electron chi connectivity index (χ1n) is 13.7. The topological polar surface area (TPSA) is 146 Å². The van der Waals surface area contributed by atoms with Gasteiger partial charge in [0.05, 0.1) is 4.89 Å². The lowest BCUT2D eigenvalue weighted by molar-refractivity contribution is -0.140. The Balaban J connectivity index is 0.000000155. The van der Waals surface area contributed by atoms with Gasteiger partial charge in [0.15, 0.2) is 0 Å². The Bertz CT molecular complexity index is 908. The number of thiocarbonyl (C=S) groups is 1. The van der Waals surface area contributed by atoms with Crippen LogP contribution in [-0.4, -0.2) is 59.8 Å². The van der Waals surface area contributed by atoms with E-state index >= 15 is 0 Å². The molecule has 14 heteroatoms. The molecule has 6 fully saturated rings. The molecule has 2 saturated carbocycles. The first-order chi connectivity index (χ1) is 18.2. The Morgan fingerprint density at radius 3 is 1.45 bits per heavy atom. The molecule has 1 amide bonds. The van der Waals surface area contributed by atoms with Crippen LogP contribution in [0.1, 0.15) is 89.9 Å². The highest BCUT2D eigenvalue weighted by molar-refractivity contribution is 7.84. The summed E-state index contributed by atoms with van der Waals surface area (Å²) in [5.74, 6) is -0.932. The van der Waals surface area contributed by atoms with Gasteiger partial charge < -0.3 is 34.0 Å². The van der Waals surface area contributed by atoms with E-state index in [1.54, 1.807) is 0 Å². The molecule has 0 aromatic rings. The molecular formula is C24H32B2N2O9S. The third-order valence-corrected chi connectivity index (χ3v) is 8.77. The van der Waals surface area contributed by atoms with Gasteiger partial charge in [0.25, 0.3) is 0 Å². The predicted molar refractivity (Wildman–Crippen MR) is 139 cm³/mol. The molecule has 0 bridgehead atoms. The highest BCUT2D eigenvalue weighted by Crippen LogP contribution is 2.42. The normalized spacial score (nSPS) is 25.8. The summed E-state index contributed by atoms with van der Waals surface area (Å²) < 4.78 is 20.7. The molecule has 0 unspecified atom stereocenters. The summed E-state index contributed by atoms with van der Waals surface area (Å²) in [6.07, 6.45) is 11.3. The Labute approximate surface area is 226 Å². The minimum absolute atomic E-state index is 0.0177. The summed E-state index contributed by atoms with van der Waals surface area (Å²) in [4.78, 5) is 58.4. The average molecular weight is 546 g/mol. The van der Waals surface area contributed by atoms with Crippen molar-refractivity contribution < 1.29 is 42.6 Å². The van der Waals surface area contributed by atoms with E-state index in [2.05, 4.69) is 10.6 Å². The molecule has 0 aromatic heterocycles. The van der Waals surface area contributed by atoms with E-state index in [0.29, 0.717) is 22.6 Å². The fourth-order valence-electron chi connectivity index (χ4n) is 6.39. The molecule has 204 valence electrons. The largest absolute Gasteiger partial charge is 0.642 e. The summed E-state index contributed by atoms with van der Waals surface area (Å²) in [6, 6.07) is 0.398. The summed E-state index contributed by atoms with van der Waals surface area (Å²) in [7, 11) is 0. The molecule has 2 N–H and O–H groups in total. The molecule has 0 atom stereocenters. The van der Waals surface area contributed by atoms with Crippen LogP contribution in [0.25, 0.3) is 0 Å². The van der Waals surface area contributed by atoms with Gasteiger partial charge in [-0.2, -0.15) is 0 Å². The lowest BCUT2D eigenvalue weighted by Crippen LogP contribution is -2.57. The number of hydrogen-bond donors (Lipinski definition) is 2. The molecule has 0 aromatic carbocycles. The van der Waals surface area contributed by atoms with Gasteiger partial charge in [0.1, 0.15) is 25.7 Å². The zero-order valence-electron chi connectivity index (χ0n) is 21.3. The van der Waals surface area contributed by atoms with E-state index in [1.165, 1.54) is 25.7 Å². The van der Waals surface area contributed by atoms with Crippen molar-refractivity contribution in [2.75, 3.05) is 0 Å². The van der Waals surface area contributed by atoms with Crippen molar-refractivity contribution in [3.8, 4) is 0 Å². The maximum atomic E-state index is 12.3. The monoisotopic (exact) mass is 546 g/mol. The van der Waals surface area contributed by atoms with Crippen molar-refractivity contribution in [2.24, 2.45) is 0 Å². The quantitative estimate of drug-likeness (QED) is 0.304. The molecule has 2 aliphatic carbocycles. The summed E-state index contributed by atoms with van der Waals surface area (Å²) in [6.45, 7) is -4.68. The number of rotatable bonds is 4. The first kappa shape index (κ1) is 26.7. The molecule has 38 heavy (non-hydrogen) atoms. The van der Waals surface area contributed by atoms with Crippen LogP contribution >= 0.6 is 12.2 Å². The lowest BCUT2D eigenvalue weighted by Gasteiger charge is -2.31. The number of hydrogen-bond acceptors (Lipinski definition) is 10. The van der Waals surface area contributed by atoms with E-state index in [1.807, 2.05) is 0 Å². The number of amides is 1. The van der Waals surface area contributed by atoms with E-state index in [0.717, 1.165) is 38.5 Å². The molecule has 4 heterocycles. The molecular weight excluding hydrogens is 514 g/mol. The molecule has 4 saturated heterocycles. The van der Waals surface area contributed by atoms with Crippen LogP contribution in [0.4, 0.5) is 4.79 Å². The SMILES string of the molecule is O=C1C[C+]2CC(=O)O[B-]2(C(=O)NC2CCCCC2)O1.O=C1C[C+]2CC(=O)O[B-]2(C(=S)NC2CCCCC2)O1. The molecule has 6 aliphatic rings. The second kappa shape index (κ2) is 10.7. The third kappa shape index (κ3) is 5.19. The maximum absolute atomic E-state index is 12.3. The fraction of sp³-hybridized carbons (Fsp3) is 0.667. The minimum Gasteiger partial charge on any atom is -0.608 e. The number of carbonyl (C=O) groups excluding carboxylic acids is 5. The van der Waals surface area contributed by atoms with Crippen molar-refractivity contribution in [3.63, 3.8) is 0 Å². The smallest absolute Gasteiger partial charge is 0.608 e. The van der Waals surface area contributed by atoms with Gasteiger partial charge in [-0.05, 0) is 25.7 Å². The highest BCUT2D eigenvalue weighted by Gasteiger charge is 2.70. The minimum atomic E-state index is -2.52. The van der Waals surface area contributed by atoms with Crippen LogP contribution in [-0.2, 0) is 37.8 Å². The highest BCUT2D eigenvalue weighted by atomic mass is 32.1. The Morgan fingerprint density at radius 1 is 0.632 bits per heavy atom. The van der Waals surface area contributed by atoms with Crippen LogP contribution in [0.15, 0.2) is 0 Å². The average Bonchev–Trinajstić information content (AvgIpc) is 3.55. The summed E-state index contributed by atoms with van der Waals surface area (Å²) in [5, 5.41) is 6.13. The van der Waals surface area contributed by atoms with Crippen LogP contribution in [0.3, 0.4) is 0 Å². The Kier molecular flexibility index (Phi) is 7.52. The van der Waals surface area contributed by atoms with Gasteiger partial charge in [0.2, 0.25) is 5.81 Å². The summed E-state index contributed by atoms with van der Waals surface area (Å²) >= 11 is 5.37. The van der Waals surface area contributed by atoms with Gasteiger partial charge in [-0.15, -0.1) is 0 Å². The van der Waals surface area contributed by atoms with Gasteiger partial charge in [0, 0.05) is 23.7 Å². The van der Waals surface area contributed by atoms with Gasteiger partial charge >= 0.3 is 37.0 Å². The second-order valence-electron chi connectivity index (χ2n) is 11.1. The van der Waals surface area contributed by atoms with Crippen molar-refractivity contribution in [1.82, 2.24) is 10.6 Å². The Hall–Kier alpha value is -2.89. The molecule has 11 nitrogen and oxygen atoms in total. The van der Waals surface area contributed by atoms with Crippen molar-refractivity contribution >= 4 is 59.9 Å². The number of fused-ring (bicyclic) bond motifs is 2. The van der Waals surface area contributed by atoms with Crippen LogP contribution in [0.5, 0.6) is 0 Å².